The minimum absolute atomic E-state index is 0.588. The van der Waals surface area contributed by atoms with Crippen molar-refractivity contribution in [2.24, 2.45) is 7.05 Å². The van der Waals surface area contributed by atoms with E-state index in [1.807, 2.05) is 20.0 Å². The van der Waals surface area contributed by atoms with E-state index in [2.05, 4.69) is 5.10 Å². The Morgan fingerprint density at radius 1 is 1.29 bits per heavy atom. The first-order valence-corrected chi connectivity index (χ1v) is 6.07. The number of aromatic nitrogens is 2. The SMILES string of the molecule is CCc1c(-c2c(Cl)cccc2Cl)nn(C)c1N. The largest absolute Gasteiger partial charge is 0.384 e. The van der Waals surface area contributed by atoms with Crippen molar-refractivity contribution in [3.05, 3.63) is 33.8 Å². The van der Waals surface area contributed by atoms with Gasteiger partial charge in [0.05, 0.1) is 10.0 Å². The Morgan fingerprint density at radius 3 is 2.41 bits per heavy atom. The zero-order valence-corrected chi connectivity index (χ0v) is 11.2. The Labute approximate surface area is 110 Å². The Hall–Kier alpha value is -1.19. The highest BCUT2D eigenvalue weighted by Crippen LogP contribution is 2.37. The maximum atomic E-state index is 6.18. The number of anilines is 1. The molecule has 1 aromatic heterocycles. The molecule has 0 saturated heterocycles. The Bertz CT molecular complexity index is 541. The van der Waals surface area contributed by atoms with Crippen molar-refractivity contribution in [1.82, 2.24) is 9.78 Å². The highest BCUT2D eigenvalue weighted by atomic mass is 35.5. The third-order valence-electron chi connectivity index (χ3n) is 2.75. The van der Waals surface area contributed by atoms with Gasteiger partial charge < -0.3 is 5.73 Å². The normalized spacial score (nSPS) is 10.8. The average molecular weight is 270 g/mol. The lowest BCUT2D eigenvalue weighted by Crippen LogP contribution is -1.98. The molecule has 0 aliphatic heterocycles. The van der Waals surface area contributed by atoms with Gasteiger partial charge in [0, 0.05) is 18.2 Å². The first-order valence-electron chi connectivity index (χ1n) is 5.32. The van der Waals surface area contributed by atoms with Gasteiger partial charge in [-0.1, -0.05) is 36.2 Å². The summed E-state index contributed by atoms with van der Waals surface area (Å²) < 4.78 is 1.65. The molecular weight excluding hydrogens is 257 g/mol. The number of hydrogen-bond donors (Lipinski definition) is 1. The smallest absolute Gasteiger partial charge is 0.125 e. The number of nitrogens with zero attached hydrogens (tertiary/aromatic N) is 2. The van der Waals surface area contributed by atoms with Crippen LogP contribution in [0.2, 0.25) is 10.0 Å². The number of hydrogen-bond acceptors (Lipinski definition) is 2. The topological polar surface area (TPSA) is 43.8 Å². The van der Waals surface area contributed by atoms with Crippen molar-refractivity contribution in [1.29, 1.82) is 0 Å². The van der Waals surface area contributed by atoms with E-state index >= 15 is 0 Å². The highest BCUT2D eigenvalue weighted by molar-refractivity contribution is 6.39. The fourth-order valence-corrected chi connectivity index (χ4v) is 2.43. The Balaban J connectivity index is 2.73. The molecule has 1 heterocycles. The quantitative estimate of drug-likeness (QED) is 0.907. The van der Waals surface area contributed by atoms with E-state index in [1.165, 1.54) is 0 Å². The second-order valence-electron chi connectivity index (χ2n) is 3.79. The fourth-order valence-electron chi connectivity index (χ4n) is 1.85. The van der Waals surface area contributed by atoms with Crippen LogP contribution in [-0.4, -0.2) is 9.78 Å². The molecule has 3 nitrogen and oxygen atoms in total. The molecular formula is C12H13Cl2N3. The summed E-state index contributed by atoms with van der Waals surface area (Å²) in [5.74, 6) is 0.651. The molecule has 0 saturated carbocycles. The molecule has 0 spiro atoms. The van der Waals surface area contributed by atoms with E-state index in [9.17, 15) is 0 Å². The van der Waals surface area contributed by atoms with Crippen LogP contribution in [0.1, 0.15) is 12.5 Å². The lowest BCUT2D eigenvalue weighted by atomic mass is 10.1. The van der Waals surface area contributed by atoms with Crippen molar-refractivity contribution in [3.8, 4) is 11.3 Å². The highest BCUT2D eigenvalue weighted by Gasteiger charge is 2.18. The molecule has 5 heteroatoms. The van der Waals surface area contributed by atoms with Crippen LogP contribution in [0.3, 0.4) is 0 Å². The lowest BCUT2D eigenvalue weighted by molar-refractivity contribution is 0.782. The van der Waals surface area contributed by atoms with Crippen LogP contribution >= 0.6 is 23.2 Å². The molecule has 0 unspecified atom stereocenters. The number of benzene rings is 1. The van der Waals surface area contributed by atoms with Crippen molar-refractivity contribution in [2.75, 3.05) is 5.73 Å². The van der Waals surface area contributed by atoms with Crippen LogP contribution in [0.25, 0.3) is 11.3 Å². The van der Waals surface area contributed by atoms with E-state index in [0.717, 1.165) is 23.2 Å². The molecule has 0 aliphatic rings. The van der Waals surface area contributed by atoms with E-state index < -0.39 is 0 Å². The summed E-state index contributed by atoms with van der Waals surface area (Å²) >= 11 is 12.4. The van der Waals surface area contributed by atoms with Gasteiger partial charge in [0.15, 0.2) is 0 Å². The van der Waals surface area contributed by atoms with Gasteiger partial charge in [-0.3, -0.25) is 4.68 Å². The number of rotatable bonds is 2. The zero-order chi connectivity index (χ0) is 12.6. The van der Waals surface area contributed by atoms with Gasteiger partial charge >= 0.3 is 0 Å². The molecule has 0 aliphatic carbocycles. The Kier molecular flexibility index (Phi) is 3.31. The predicted octanol–water partition coefficient (Wildman–Crippen LogP) is 3.54. The molecule has 0 atom stereocenters. The molecule has 0 bridgehead atoms. The van der Waals surface area contributed by atoms with Crippen molar-refractivity contribution in [3.63, 3.8) is 0 Å². The monoisotopic (exact) mass is 269 g/mol. The summed E-state index contributed by atoms with van der Waals surface area (Å²) in [5.41, 5.74) is 8.46. The van der Waals surface area contributed by atoms with E-state index in [-0.39, 0.29) is 0 Å². The molecule has 2 N–H and O–H groups in total. The van der Waals surface area contributed by atoms with Crippen LogP contribution < -0.4 is 5.73 Å². The molecule has 0 radical (unpaired) electrons. The number of aryl methyl sites for hydroxylation is 1. The summed E-state index contributed by atoms with van der Waals surface area (Å²) in [7, 11) is 1.81. The average Bonchev–Trinajstić information content (AvgIpc) is 2.55. The molecule has 17 heavy (non-hydrogen) atoms. The van der Waals surface area contributed by atoms with Gasteiger partial charge in [-0.2, -0.15) is 5.10 Å². The number of nitrogens with two attached hydrogens (primary N) is 1. The van der Waals surface area contributed by atoms with Crippen LogP contribution in [0.5, 0.6) is 0 Å². The third-order valence-corrected chi connectivity index (χ3v) is 3.38. The first-order chi connectivity index (χ1) is 8.06. The van der Waals surface area contributed by atoms with Gasteiger partial charge in [0.25, 0.3) is 0 Å². The molecule has 0 fully saturated rings. The van der Waals surface area contributed by atoms with E-state index in [1.54, 1.807) is 16.8 Å². The van der Waals surface area contributed by atoms with Crippen LogP contribution in [-0.2, 0) is 13.5 Å². The van der Waals surface area contributed by atoms with Crippen LogP contribution in [0, 0.1) is 0 Å². The number of halogens is 2. The Morgan fingerprint density at radius 2 is 1.88 bits per heavy atom. The van der Waals surface area contributed by atoms with E-state index in [4.69, 9.17) is 28.9 Å². The van der Waals surface area contributed by atoms with Crippen molar-refractivity contribution < 1.29 is 0 Å². The first kappa shape index (κ1) is 12.3. The van der Waals surface area contributed by atoms with Gasteiger partial charge in [-0.05, 0) is 18.6 Å². The predicted molar refractivity (Wildman–Crippen MR) is 72.5 cm³/mol. The summed E-state index contributed by atoms with van der Waals surface area (Å²) in [5, 5.41) is 5.57. The van der Waals surface area contributed by atoms with Gasteiger partial charge in [-0.25, -0.2) is 0 Å². The molecule has 1 aromatic carbocycles. The zero-order valence-electron chi connectivity index (χ0n) is 9.67. The van der Waals surface area contributed by atoms with Crippen molar-refractivity contribution >= 4 is 29.0 Å². The molecule has 2 rings (SSSR count). The maximum absolute atomic E-state index is 6.18. The van der Waals surface area contributed by atoms with E-state index in [0.29, 0.717) is 15.9 Å². The summed E-state index contributed by atoms with van der Waals surface area (Å²) in [4.78, 5) is 0. The minimum Gasteiger partial charge on any atom is -0.384 e. The summed E-state index contributed by atoms with van der Waals surface area (Å²) in [6, 6.07) is 5.41. The number of nitrogen functional groups attached to an aromatic ring is 1. The fraction of sp³-hybridized carbons (Fsp3) is 0.250. The molecule has 0 amide bonds. The maximum Gasteiger partial charge on any atom is 0.125 e. The minimum atomic E-state index is 0.588. The van der Waals surface area contributed by atoms with Crippen LogP contribution in [0.4, 0.5) is 5.82 Å². The second-order valence-corrected chi connectivity index (χ2v) is 4.60. The van der Waals surface area contributed by atoms with Gasteiger partial charge in [-0.15, -0.1) is 0 Å². The van der Waals surface area contributed by atoms with Gasteiger partial charge in [0.1, 0.15) is 11.5 Å². The van der Waals surface area contributed by atoms with Crippen LogP contribution in [0.15, 0.2) is 18.2 Å². The third kappa shape index (κ3) is 2.01. The van der Waals surface area contributed by atoms with Gasteiger partial charge in [0.2, 0.25) is 0 Å². The molecule has 2 aromatic rings. The molecule has 90 valence electrons. The second kappa shape index (κ2) is 4.59. The lowest BCUT2D eigenvalue weighted by Gasteiger charge is -2.05. The summed E-state index contributed by atoms with van der Waals surface area (Å²) in [6.07, 6.45) is 0.788. The standard InChI is InChI=1S/C12H13Cl2N3/c1-3-7-11(16-17(2)12(7)15)10-8(13)5-4-6-9(10)14/h4-6H,3,15H2,1-2H3. The van der Waals surface area contributed by atoms with Crippen molar-refractivity contribution in [2.45, 2.75) is 13.3 Å². The summed E-state index contributed by atoms with van der Waals surface area (Å²) in [6.45, 7) is 2.03.